The lowest BCUT2D eigenvalue weighted by molar-refractivity contribution is 0.286. The molecule has 3 nitrogen and oxygen atoms in total. The van der Waals surface area contributed by atoms with Gasteiger partial charge in [0, 0.05) is 12.6 Å². The van der Waals surface area contributed by atoms with Crippen LogP contribution in [0.1, 0.15) is 30.0 Å². The number of phenolic OH excluding ortho intramolecular Hbond substituents is 1. The van der Waals surface area contributed by atoms with Crippen molar-refractivity contribution < 1.29 is 5.11 Å². The van der Waals surface area contributed by atoms with Gasteiger partial charge < -0.3 is 15.3 Å². The zero-order valence-electron chi connectivity index (χ0n) is 11.0. The number of phenols is 1. The average Bonchev–Trinajstić information content (AvgIpc) is 2.83. The summed E-state index contributed by atoms with van der Waals surface area (Å²) >= 11 is 0. The van der Waals surface area contributed by atoms with E-state index < -0.39 is 0 Å². The average molecular weight is 394 g/mol. The molecule has 0 amide bonds. The molecule has 0 aromatic heterocycles. The van der Waals surface area contributed by atoms with Crippen LogP contribution < -0.4 is 5.32 Å². The molecule has 108 valence electrons. The first-order valence-electron chi connectivity index (χ1n) is 6.61. The highest BCUT2D eigenvalue weighted by Gasteiger charge is 2.24. The Hall–Kier alpha value is -0.100. The van der Waals surface area contributed by atoms with Crippen molar-refractivity contribution in [2.75, 3.05) is 26.2 Å². The minimum Gasteiger partial charge on any atom is -0.508 e. The van der Waals surface area contributed by atoms with Crippen LogP contribution in [0.25, 0.3) is 0 Å². The molecule has 3 rings (SSSR count). The van der Waals surface area contributed by atoms with E-state index in [9.17, 15) is 5.11 Å². The summed E-state index contributed by atoms with van der Waals surface area (Å²) in [5, 5.41) is 13.5. The van der Waals surface area contributed by atoms with Crippen LogP contribution in [0.15, 0.2) is 18.2 Å². The van der Waals surface area contributed by atoms with Gasteiger partial charge in [-0.1, -0.05) is 12.1 Å². The molecule has 2 heterocycles. The fourth-order valence-corrected chi connectivity index (χ4v) is 3.06. The molecule has 0 saturated carbocycles. The predicted octanol–water partition coefficient (Wildman–Crippen LogP) is 2.83. The standard InChI is InChI=1S/C14H20N2O.2BrH/c17-14-5-3-4-11-12(14)6-7-15-13(11)10-16-8-1-2-9-16;;/h3-5,13,15,17H,1-2,6-10H2;2*1H. The molecular formula is C14H22Br2N2O. The van der Waals surface area contributed by atoms with Crippen molar-refractivity contribution in [2.45, 2.75) is 25.3 Å². The third-order valence-electron chi connectivity index (χ3n) is 3.97. The fourth-order valence-electron chi connectivity index (χ4n) is 3.06. The molecular weight excluding hydrogens is 372 g/mol. The number of nitrogens with zero attached hydrogens (tertiary/aromatic N) is 1. The van der Waals surface area contributed by atoms with Gasteiger partial charge in [0.2, 0.25) is 0 Å². The van der Waals surface area contributed by atoms with Crippen LogP contribution in [0.4, 0.5) is 0 Å². The molecule has 5 heteroatoms. The minimum atomic E-state index is 0. The second kappa shape index (κ2) is 7.62. The van der Waals surface area contributed by atoms with Gasteiger partial charge in [0.05, 0.1) is 0 Å². The summed E-state index contributed by atoms with van der Waals surface area (Å²) in [6, 6.07) is 6.31. The van der Waals surface area contributed by atoms with E-state index in [1.165, 1.54) is 31.5 Å². The number of rotatable bonds is 2. The second-order valence-corrected chi connectivity index (χ2v) is 5.11. The normalized spacial score (nSPS) is 22.2. The van der Waals surface area contributed by atoms with Gasteiger partial charge in [0.25, 0.3) is 0 Å². The Morgan fingerprint density at radius 3 is 2.68 bits per heavy atom. The first-order chi connectivity index (χ1) is 8.34. The molecule has 1 saturated heterocycles. The SMILES string of the molecule is Br.Br.Oc1cccc2c1CCNC2CN1CCCC1. The smallest absolute Gasteiger partial charge is 0.119 e. The molecule has 0 radical (unpaired) electrons. The number of likely N-dealkylation sites (tertiary alicyclic amines) is 1. The number of hydrogen-bond acceptors (Lipinski definition) is 3. The number of fused-ring (bicyclic) bond motifs is 1. The van der Waals surface area contributed by atoms with Crippen LogP contribution in [-0.4, -0.2) is 36.2 Å². The Kier molecular flexibility index (Phi) is 6.80. The first-order valence-corrected chi connectivity index (χ1v) is 6.61. The monoisotopic (exact) mass is 392 g/mol. The maximum absolute atomic E-state index is 9.89. The molecule has 19 heavy (non-hydrogen) atoms. The van der Waals surface area contributed by atoms with Crippen molar-refractivity contribution >= 4 is 34.0 Å². The van der Waals surface area contributed by atoms with E-state index in [4.69, 9.17) is 0 Å². The molecule has 1 atom stereocenters. The van der Waals surface area contributed by atoms with Crippen molar-refractivity contribution in [3.63, 3.8) is 0 Å². The number of hydrogen-bond donors (Lipinski definition) is 2. The van der Waals surface area contributed by atoms with Crippen LogP contribution in [0.2, 0.25) is 0 Å². The summed E-state index contributed by atoms with van der Waals surface area (Å²) in [6.45, 7) is 4.51. The van der Waals surface area contributed by atoms with Crippen LogP contribution >= 0.6 is 34.0 Å². The molecule has 1 aromatic rings. The zero-order chi connectivity index (χ0) is 11.7. The molecule has 2 aliphatic rings. The van der Waals surface area contributed by atoms with Gasteiger partial charge >= 0.3 is 0 Å². The quantitative estimate of drug-likeness (QED) is 0.810. The van der Waals surface area contributed by atoms with Gasteiger partial charge in [-0.3, -0.25) is 0 Å². The van der Waals surface area contributed by atoms with Gasteiger partial charge in [-0.05, 0) is 56.1 Å². The number of aromatic hydroxyl groups is 1. The van der Waals surface area contributed by atoms with Gasteiger partial charge in [0.1, 0.15) is 5.75 Å². The van der Waals surface area contributed by atoms with Crippen LogP contribution in [0, 0.1) is 0 Å². The summed E-state index contributed by atoms with van der Waals surface area (Å²) < 4.78 is 0. The highest BCUT2D eigenvalue weighted by Crippen LogP contribution is 2.30. The van der Waals surface area contributed by atoms with Crippen LogP contribution in [0.5, 0.6) is 5.75 Å². The minimum absolute atomic E-state index is 0. The number of benzene rings is 1. The van der Waals surface area contributed by atoms with Gasteiger partial charge in [0.15, 0.2) is 0 Å². The summed E-state index contributed by atoms with van der Waals surface area (Å²) in [6.07, 6.45) is 3.61. The van der Waals surface area contributed by atoms with Crippen molar-refractivity contribution in [1.82, 2.24) is 10.2 Å². The maximum atomic E-state index is 9.89. The van der Waals surface area contributed by atoms with Crippen molar-refractivity contribution in [1.29, 1.82) is 0 Å². The maximum Gasteiger partial charge on any atom is 0.119 e. The van der Waals surface area contributed by atoms with E-state index in [1.54, 1.807) is 6.07 Å². The lowest BCUT2D eigenvalue weighted by atomic mass is 9.93. The third kappa shape index (κ3) is 3.72. The second-order valence-electron chi connectivity index (χ2n) is 5.11. The summed E-state index contributed by atoms with van der Waals surface area (Å²) in [4.78, 5) is 2.52. The molecule has 0 spiro atoms. The Morgan fingerprint density at radius 1 is 1.21 bits per heavy atom. The molecule has 1 fully saturated rings. The Morgan fingerprint density at radius 2 is 1.95 bits per heavy atom. The van der Waals surface area contributed by atoms with Crippen molar-refractivity contribution in [3.05, 3.63) is 29.3 Å². The molecule has 1 aromatic carbocycles. The van der Waals surface area contributed by atoms with E-state index >= 15 is 0 Å². The van der Waals surface area contributed by atoms with Crippen molar-refractivity contribution in [3.8, 4) is 5.75 Å². The Bertz CT molecular complexity index is 408. The summed E-state index contributed by atoms with van der Waals surface area (Å²) in [5.74, 6) is 0.468. The van der Waals surface area contributed by atoms with Crippen molar-refractivity contribution in [2.24, 2.45) is 0 Å². The number of nitrogens with one attached hydrogen (secondary N) is 1. The topological polar surface area (TPSA) is 35.5 Å². The van der Waals surface area contributed by atoms with E-state index in [-0.39, 0.29) is 34.0 Å². The molecule has 2 aliphatic heterocycles. The molecule has 0 aliphatic carbocycles. The lowest BCUT2D eigenvalue weighted by Crippen LogP contribution is -2.38. The van der Waals surface area contributed by atoms with E-state index in [0.717, 1.165) is 25.1 Å². The molecule has 0 bridgehead atoms. The number of halogens is 2. The Balaban J connectivity index is 0.000000902. The highest BCUT2D eigenvalue weighted by atomic mass is 79.9. The first kappa shape index (κ1) is 17.0. The Labute approximate surface area is 135 Å². The van der Waals surface area contributed by atoms with Crippen LogP contribution in [0.3, 0.4) is 0 Å². The summed E-state index contributed by atoms with van der Waals surface area (Å²) in [5.41, 5.74) is 2.44. The fraction of sp³-hybridized carbons (Fsp3) is 0.571. The molecule has 1 unspecified atom stereocenters. The van der Waals surface area contributed by atoms with E-state index in [1.807, 2.05) is 6.07 Å². The summed E-state index contributed by atoms with van der Waals surface area (Å²) in [7, 11) is 0. The lowest BCUT2D eigenvalue weighted by Gasteiger charge is -2.30. The largest absolute Gasteiger partial charge is 0.508 e. The molecule has 2 N–H and O–H groups in total. The zero-order valence-corrected chi connectivity index (χ0v) is 14.4. The third-order valence-corrected chi connectivity index (χ3v) is 3.97. The van der Waals surface area contributed by atoms with Crippen LogP contribution in [-0.2, 0) is 6.42 Å². The van der Waals surface area contributed by atoms with E-state index in [0.29, 0.717) is 11.8 Å². The van der Waals surface area contributed by atoms with Gasteiger partial charge in [-0.25, -0.2) is 0 Å². The predicted molar refractivity (Wildman–Crippen MR) is 88.9 cm³/mol. The van der Waals surface area contributed by atoms with Gasteiger partial charge in [-0.2, -0.15) is 0 Å². The van der Waals surface area contributed by atoms with E-state index in [2.05, 4.69) is 16.3 Å². The highest BCUT2D eigenvalue weighted by molar-refractivity contribution is 8.93. The van der Waals surface area contributed by atoms with Gasteiger partial charge in [-0.15, -0.1) is 34.0 Å².